The number of para-hydroxylation sites is 1. The lowest BCUT2D eigenvalue weighted by Gasteiger charge is -2.35. The minimum absolute atomic E-state index is 0.0497. The zero-order valence-corrected chi connectivity index (χ0v) is 18.6. The fraction of sp³-hybridized carbons (Fsp3) is 0.480. The SMILES string of the molecule is COc1ccc(C(CNC(=O)c2ccccc2OCC2CCCO2)N2CCOCC2)cc1. The number of hydrogen-bond acceptors (Lipinski definition) is 6. The smallest absolute Gasteiger partial charge is 0.255 e. The van der Waals surface area contributed by atoms with Crippen LogP contribution in [-0.2, 0) is 9.47 Å². The van der Waals surface area contributed by atoms with Crippen molar-refractivity contribution in [3.05, 3.63) is 59.7 Å². The normalized spacial score (nSPS) is 20.0. The molecular weight excluding hydrogens is 408 g/mol. The van der Waals surface area contributed by atoms with Crippen LogP contribution >= 0.6 is 0 Å². The van der Waals surface area contributed by atoms with Gasteiger partial charge in [0.2, 0.25) is 0 Å². The second-order valence-electron chi connectivity index (χ2n) is 8.09. The number of benzene rings is 2. The minimum Gasteiger partial charge on any atom is -0.497 e. The zero-order chi connectivity index (χ0) is 22.2. The van der Waals surface area contributed by atoms with E-state index in [0.29, 0.717) is 37.7 Å². The molecule has 2 fully saturated rings. The first-order valence-electron chi connectivity index (χ1n) is 11.3. The van der Waals surface area contributed by atoms with Gasteiger partial charge in [-0.05, 0) is 42.7 Å². The molecule has 1 amide bonds. The third kappa shape index (κ3) is 5.79. The standard InChI is InChI=1S/C25H32N2O5/c1-29-20-10-8-19(9-11-20)23(27-12-15-30-16-13-27)17-26-25(28)22-6-2-3-7-24(22)32-18-21-5-4-14-31-21/h2-3,6-11,21,23H,4-5,12-18H2,1H3,(H,26,28). The number of carbonyl (C=O) groups excluding carboxylic acids is 1. The first-order chi connectivity index (χ1) is 15.7. The van der Waals surface area contributed by atoms with Gasteiger partial charge in [-0.3, -0.25) is 9.69 Å². The maximum atomic E-state index is 13.1. The highest BCUT2D eigenvalue weighted by molar-refractivity contribution is 5.96. The number of nitrogens with one attached hydrogen (secondary N) is 1. The molecule has 2 aliphatic heterocycles. The predicted octanol–water partition coefficient (Wildman–Crippen LogP) is 3.06. The van der Waals surface area contributed by atoms with Crippen molar-refractivity contribution in [2.75, 3.05) is 53.2 Å². The maximum absolute atomic E-state index is 13.1. The molecule has 2 heterocycles. The second kappa shape index (κ2) is 11.3. The van der Waals surface area contributed by atoms with Crippen LogP contribution in [0.1, 0.15) is 34.8 Å². The van der Waals surface area contributed by atoms with Gasteiger partial charge in [-0.2, -0.15) is 0 Å². The molecule has 2 saturated heterocycles. The van der Waals surface area contributed by atoms with Crippen molar-refractivity contribution in [3.8, 4) is 11.5 Å². The molecular formula is C25H32N2O5. The van der Waals surface area contributed by atoms with Crippen LogP contribution in [0.4, 0.5) is 0 Å². The molecule has 0 aliphatic carbocycles. The Morgan fingerprint density at radius 2 is 1.91 bits per heavy atom. The molecule has 2 unspecified atom stereocenters. The Hall–Kier alpha value is -2.61. The summed E-state index contributed by atoms with van der Waals surface area (Å²) in [5, 5.41) is 3.13. The van der Waals surface area contributed by atoms with Gasteiger partial charge in [0.25, 0.3) is 5.91 Å². The van der Waals surface area contributed by atoms with Gasteiger partial charge in [0.05, 0.1) is 38.0 Å². The molecule has 7 heteroatoms. The van der Waals surface area contributed by atoms with Crippen molar-refractivity contribution >= 4 is 5.91 Å². The van der Waals surface area contributed by atoms with E-state index in [4.69, 9.17) is 18.9 Å². The lowest BCUT2D eigenvalue weighted by Crippen LogP contribution is -2.43. The lowest BCUT2D eigenvalue weighted by atomic mass is 10.0. The summed E-state index contributed by atoms with van der Waals surface area (Å²) in [6, 6.07) is 15.5. The first kappa shape index (κ1) is 22.6. The van der Waals surface area contributed by atoms with Crippen molar-refractivity contribution in [2.45, 2.75) is 25.0 Å². The van der Waals surface area contributed by atoms with E-state index < -0.39 is 0 Å². The molecule has 1 N–H and O–H groups in total. The molecule has 2 atom stereocenters. The Labute approximate surface area is 189 Å². The van der Waals surface area contributed by atoms with Crippen molar-refractivity contribution in [1.29, 1.82) is 0 Å². The second-order valence-corrected chi connectivity index (χ2v) is 8.09. The van der Waals surface area contributed by atoms with Gasteiger partial charge in [-0.1, -0.05) is 24.3 Å². The average Bonchev–Trinajstić information content (AvgIpc) is 3.38. The predicted molar refractivity (Wildman–Crippen MR) is 121 cm³/mol. The van der Waals surface area contributed by atoms with Gasteiger partial charge in [-0.15, -0.1) is 0 Å². The Kier molecular flexibility index (Phi) is 7.98. The van der Waals surface area contributed by atoms with Gasteiger partial charge in [-0.25, -0.2) is 0 Å². The first-order valence-corrected chi connectivity index (χ1v) is 11.3. The maximum Gasteiger partial charge on any atom is 0.255 e. The van der Waals surface area contributed by atoms with Crippen molar-refractivity contribution in [1.82, 2.24) is 10.2 Å². The molecule has 0 spiro atoms. The summed E-state index contributed by atoms with van der Waals surface area (Å²) in [6.07, 6.45) is 2.16. The molecule has 2 aromatic carbocycles. The van der Waals surface area contributed by atoms with Crippen LogP contribution in [-0.4, -0.2) is 70.1 Å². The summed E-state index contributed by atoms with van der Waals surface area (Å²) >= 11 is 0. The van der Waals surface area contributed by atoms with Crippen LogP contribution in [0.15, 0.2) is 48.5 Å². The van der Waals surface area contributed by atoms with Crippen molar-refractivity contribution in [2.24, 2.45) is 0 Å². The van der Waals surface area contributed by atoms with Gasteiger partial charge in [0.15, 0.2) is 0 Å². The summed E-state index contributed by atoms with van der Waals surface area (Å²) in [7, 11) is 1.66. The molecule has 2 aromatic rings. The molecule has 0 radical (unpaired) electrons. The molecule has 2 aliphatic rings. The summed E-state index contributed by atoms with van der Waals surface area (Å²) in [4.78, 5) is 15.4. The van der Waals surface area contributed by atoms with Crippen LogP contribution in [0, 0.1) is 0 Å². The van der Waals surface area contributed by atoms with Crippen molar-refractivity contribution < 1.29 is 23.7 Å². The fourth-order valence-electron chi connectivity index (χ4n) is 4.20. The summed E-state index contributed by atoms with van der Waals surface area (Å²) in [6.45, 7) is 4.78. The van der Waals surface area contributed by atoms with E-state index in [-0.39, 0.29) is 18.1 Å². The number of carbonyl (C=O) groups is 1. The van der Waals surface area contributed by atoms with Gasteiger partial charge in [0.1, 0.15) is 18.1 Å². The third-order valence-electron chi connectivity index (χ3n) is 6.02. The van der Waals surface area contributed by atoms with Crippen LogP contribution in [0.25, 0.3) is 0 Å². The number of amides is 1. The monoisotopic (exact) mass is 440 g/mol. The van der Waals surface area contributed by atoms with Crippen LogP contribution in [0.2, 0.25) is 0 Å². The number of nitrogens with zero attached hydrogens (tertiary/aromatic N) is 1. The average molecular weight is 441 g/mol. The Morgan fingerprint density at radius 1 is 1.12 bits per heavy atom. The highest BCUT2D eigenvalue weighted by atomic mass is 16.5. The topological polar surface area (TPSA) is 69.3 Å². The van der Waals surface area contributed by atoms with E-state index in [9.17, 15) is 4.79 Å². The van der Waals surface area contributed by atoms with E-state index in [2.05, 4.69) is 22.3 Å². The fourth-order valence-corrected chi connectivity index (χ4v) is 4.20. The Balaban J connectivity index is 1.43. The van der Waals surface area contributed by atoms with Crippen LogP contribution in [0.5, 0.6) is 11.5 Å². The number of hydrogen-bond donors (Lipinski definition) is 1. The number of rotatable bonds is 9. The van der Waals surface area contributed by atoms with E-state index >= 15 is 0 Å². The largest absolute Gasteiger partial charge is 0.497 e. The Bertz CT molecular complexity index is 861. The van der Waals surface area contributed by atoms with Gasteiger partial charge >= 0.3 is 0 Å². The van der Waals surface area contributed by atoms with E-state index in [1.807, 2.05) is 30.3 Å². The Morgan fingerprint density at radius 3 is 2.62 bits per heavy atom. The van der Waals surface area contributed by atoms with E-state index in [0.717, 1.165) is 43.9 Å². The molecule has 32 heavy (non-hydrogen) atoms. The lowest BCUT2D eigenvalue weighted by molar-refractivity contribution is 0.0162. The molecule has 0 saturated carbocycles. The van der Waals surface area contributed by atoms with Crippen LogP contribution < -0.4 is 14.8 Å². The summed E-state index contributed by atoms with van der Waals surface area (Å²) in [5.41, 5.74) is 1.68. The highest BCUT2D eigenvalue weighted by Crippen LogP contribution is 2.25. The van der Waals surface area contributed by atoms with Crippen LogP contribution in [0.3, 0.4) is 0 Å². The number of morpholine rings is 1. The van der Waals surface area contributed by atoms with Crippen molar-refractivity contribution in [3.63, 3.8) is 0 Å². The third-order valence-corrected chi connectivity index (χ3v) is 6.02. The van der Waals surface area contributed by atoms with Gasteiger partial charge < -0.3 is 24.3 Å². The molecule has 0 bridgehead atoms. The van der Waals surface area contributed by atoms with E-state index in [1.54, 1.807) is 13.2 Å². The quantitative estimate of drug-likeness (QED) is 0.646. The van der Waals surface area contributed by atoms with E-state index in [1.165, 1.54) is 0 Å². The molecule has 172 valence electrons. The molecule has 4 rings (SSSR count). The number of methoxy groups -OCH3 is 1. The summed E-state index contributed by atoms with van der Waals surface area (Å²) in [5.74, 6) is 1.27. The molecule has 0 aromatic heterocycles. The molecule has 7 nitrogen and oxygen atoms in total. The number of ether oxygens (including phenoxy) is 4. The minimum atomic E-state index is -0.139. The van der Waals surface area contributed by atoms with Gasteiger partial charge in [0, 0.05) is 26.2 Å². The summed E-state index contributed by atoms with van der Waals surface area (Å²) < 4.78 is 22.4. The highest BCUT2D eigenvalue weighted by Gasteiger charge is 2.24. The zero-order valence-electron chi connectivity index (χ0n) is 18.6.